The number of nitrogens with two attached hydrogens (primary N) is 1. The molecule has 1 aliphatic carbocycles. The van der Waals surface area contributed by atoms with Gasteiger partial charge in [-0.2, -0.15) is 0 Å². The van der Waals surface area contributed by atoms with Crippen LogP contribution >= 0.6 is 0 Å². The van der Waals surface area contributed by atoms with Gasteiger partial charge in [0, 0.05) is 12.5 Å². The molecule has 3 aromatic carbocycles. The quantitative estimate of drug-likeness (QED) is 0.265. The third kappa shape index (κ3) is 4.90. The molecule has 5 nitrogen and oxygen atoms in total. The van der Waals surface area contributed by atoms with Gasteiger partial charge in [0.05, 0.1) is 0 Å². The van der Waals surface area contributed by atoms with E-state index in [0.29, 0.717) is 6.54 Å². The van der Waals surface area contributed by atoms with E-state index in [1.54, 1.807) is 0 Å². The molecular formula is C31H32BrN3O2. The number of amides is 1. The molecule has 0 radical (unpaired) electrons. The molecule has 1 saturated carbocycles. The SMILES string of the molecule is Cc1n(C2CCC(C(C(N)=O)(c3ccccc3)c3ccccc3)C2)cc[n+]1CC(=O)c1ccccc1.[Br-]. The molecule has 0 aliphatic heterocycles. The highest BCUT2D eigenvalue weighted by atomic mass is 79.9. The molecule has 2 unspecified atom stereocenters. The Morgan fingerprint density at radius 3 is 1.97 bits per heavy atom. The summed E-state index contributed by atoms with van der Waals surface area (Å²) in [6, 6.07) is 29.6. The van der Waals surface area contributed by atoms with Crippen molar-refractivity contribution in [3.05, 3.63) is 126 Å². The fourth-order valence-electron chi connectivity index (χ4n) is 6.07. The van der Waals surface area contributed by atoms with Gasteiger partial charge in [-0.05, 0) is 36.3 Å². The molecule has 1 heterocycles. The monoisotopic (exact) mass is 557 g/mol. The summed E-state index contributed by atoms with van der Waals surface area (Å²) in [5.74, 6) is 0.880. The average molecular weight is 559 g/mol. The van der Waals surface area contributed by atoms with Crippen molar-refractivity contribution in [2.75, 3.05) is 0 Å². The molecule has 6 heteroatoms. The summed E-state index contributed by atoms with van der Waals surface area (Å²) in [7, 11) is 0. The minimum atomic E-state index is -0.891. The number of carbonyl (C=O) groups excluding carboxylic acids is 2. The van der Waals surface area contributed by atoms with Crippen molar-refractivity contribution in [3.8, 4) is 0 Å². The van der Waals surface area contributed by atoms with E-state index >= 15 is 0 Å². The molecule has 5 rings (SSSR count). The Hall–Kier alpha value is -3.51. The van der Waals surface area contributed by atoms with E-state index in [0.717, 1.165) is 41.8 Å². The number of Topliss-reactive ketones (excluding diaryl/α,β-unsaturated/α-hetero) is 1. The second-order valence-electron chi connectivity index (χ2n) is 9.74. The molecular weight excluding hydrogens is 526 g/mol. The van der Waals surface area contributed by atoms with Gasteiger partial charge in [-0.15, -0.1) is 0 Å². The maximum absolute atomic E-state index is 13.4. The summed E-state index contributed by atoms with van der Waals surface area (Å²) in [5.41, 5.74) is 7.98. The lowest BCUT2D eigenvalue weighted by atomic mass is 9.64. The lowest BCUT2D eigenvalue weighted by Crippen LogP contribution is -3.00. The average Bonchev–Trinajstić information content (AvgIpc) is 3.53. The van der Waals surface area contributed by atoms with Crippen molar-refractivity contribution in [1.82, 2.24) is 4.57 Å². The van der Waals surface area contributed by atoms with Crippen LogP contribution in [0.15, 0.2) is 103 Å². The van der Waals surface area contributed by atoms with Crippen LogP contribution in [0, 0.1) is 12.8 Å². The third-order valence-corrected chi connectivity index (χ3v) is 7.86. The molecule has 1 aliphatic rings. The topological polar surface area (TPSA) is 69.0 Å². The van der Waals surface area contributed by atoms with Crippen LogP contribution in [0.5, 0.6) is 0 Å². The van der Waals surface area contributed by atoms with Gasteiger partial charge in [0.2, 0.25) is 11.7 Å². The summed E-state index contributed by atoms with van der Waals surface area (Å²) in [5, 5.41) is 0. The molecule has 0 bridgehead atoms. The number of rotatable bonds is 8. The zero-order valence-corrected chi connectivity index (χ0v) is 22.6. The molecule has 1 aromatic heterocycles. The first-order valence-electron chi connectivity index (χ1n) is 12.6. The molecule has 2 atom stereocenters. The Morgan fingerprint density at radius 1 is 0.892 bits per heavy atom. The smallest absolute Gasteiger partial charge is 0.253 e. The minimum absolute atomic E-state index is 0. The predicted octanol–water partition coefficient (Wildman–Crippen LogP) is 1.78. The van der Waals surface area contributed by atoms with Crippen molar-refractivity contribution >= 4 is 11.7 Å². The molecule has 4 aromatic rings. The standard InChI is InChI=1S/C31H31N3O2.BrH/c1-23-33(22-29(35)24-11-5-2-6-12-24)19-20-34(23)28-18-17-27(21-28)31(30(32)36,25-13-7-3-8-14-25)26-15-9-4-10-16-26;/h2-16,19-20,27-28H,17-18,21-22H2,1H3,(H-,32,36);1H. The van der Waals surface area contributed by atoms with Crippen LogP contribution in [-0.4, -0.2) is 16.3 Å². The van der Waals surface area contributed by atoms with E-state index in [1.807, 2.05) is 102 Å². The number of ketones is 1. The molecule has 190 valence electrons. The van der Waals surface area contributed by atoms with Crippen LogP contribution in [0.3, 0.4) is 0 Å². The summed E-state index contributed by atoms with van der Waals surface area (Å²) < 4.78 is 4.28. The number of benzene rings is 3. The normalized spacial score (nSPS) is 17.2. The van der Waals surface area contributed by atoms with Crippen LogP contribution < -0.4 is 27.3 Å². The lowest BCUT2D eigenvalue weighted by molar-refractivity contribution is -0.689. The van der Waals surface area contributed by atoms with Gasteiger partial charge in [0.15, 0.2) is 6.54 Å². The van der Waals surface area contributed by atoms with E-state index < -0.39 is 5.41 Å². The van der Waals surface area contributed by atoms with Crippen LogP contribution in [0.2, 0.25) is 0 Å². The van der Waals surface area contributed by atoms with Crippen LogP contribution in [0.4, 0.5) is 0 Å². The first kappa shape index (κ1) is 26.6. The van der Waals surface area contributed by atoms with Crippen LogP contribution in [0.1, 0.15) is 52.6 Å². The Balaban J connectivity index is 0.00000320. The van der Waals surface area contributed by atoms with E-state index in [9.17, 15) is 9.59 Å². The Morgan fingerprint density at radius 2 is 1.43 bits per heavy atom. The second-order valence-corrected chi connectivity index (χ2v) is 9.74. The third-order valence-electron chi connectivity index (χ3n) is 7.86. The van der Waals surface area contributed by atoms with Gasteiger partial charge in [0.1, 0.15) is 23.9 Å². The summed E-state index contributed by atoms with van der Waals surface area (Å²) in [4.78, 5) is 26.1. The number of hydrogen-bond donors (Lipinski definition) is 1. The van der Waals surface area contributed by atoms with Crippen molar-refractivity contribution in [2.45, 2.75) is 44.2 Å². The number of carbonyl (C=O) groups is 2. The largest absolute Gasteiger partial charge is 1.00 e. The van der Waals surface area contributed by atoms with Crippen molar-refractivity contribution < 1.29 is 31.1 Å². The Labute approximate surface area is 228 Å². The first-order valence-corrected chi connectivity index (χ1v) is 12.6. The number of hydrogen-bond acceptors (Lipinski definition) is 2. The highest BCUT2D eigenvalue weighted by Crippen LogP contribution is 2.49. The van der Waals surface area contributed by atoms with Gasteiger partial charge >= 0.3 is 0 Å². The second kappa shape index (κ2) is 11.3. The molecule has 37 heavy (non-hydrogen) atoms. The Kier molecular flexibility index (Phi) is 8.08. The van der Waals surface area contributed by atoms with Gasteiger partial charge in [-0.1, -0.05) is 91.0 Å². The van der Waals surface area contributed by atoms with E-state index in [1.165, 1.54) is 0 Å². The molecule has 2 N–H and O–H groups in total. The number of primary amides is 1. The van der Waals surface area contributed by atoms with Gasteiger partial charge in [-0.25, -0.2) is 9.13 Å². The zero-order valence-electron chi connectivity index (χ0n) is 21.0. The van der Waals surface area contributed by atoms with Gasteiger partial charge in [-0.3, -0.25) is 9.59 Å². The number of nitrogens with zero attached hydrogens (tertiary/aromatic N) is 2. The first-order chi connectivity index (χ1) is 17.5. The summed E-state index contributed by atoms with van der Waals surface area (Å²) in [6.45, 7) is 2.36. The Bertz CT molecular complexity index is 1310. The van der Waals surface area contributed by atoms with E-state index in [4.69, 9.17) is 5.73 Å². The molecule has 0 saturated heterocycles. The highest BCUT2D eigenvalue weighted by molar-refractivity contribution is 5.95. The summed E-state index contributed by atoms with van der Waals surface area (Å²) in [6.07, 6.45) is 6.71. The number of aromatic nitrogens is 2. The molecule has 0 spiro atoms. The predicted molar refractivity (Wildman–Crippen MR) is 139 cm³/mol. The highest BCUT2D eigenvalue weighted by Gasteiger charge is 2.51. The van der Waals surface area contributed by atoms with E-state index in [-0.39, 0.29) is 40.6 Å². The maximum Gasteiger partial charge on any atom is 0.253 e. The maximum atomic E-state index is 13.4. The van der Waals surface area contributed by atoms with Crippen molar-refractivity contribution in [1.29, 1.82) is 0 Å². The zero-order chi connectivity index (χ0) is 25.1. The van der Waals surface area contributed by atoms with Crippen molar-refractivity contribution in [2.24, 2.45) is 11.7 Å². The lowest BCUT2D eigenvalue weighted by Gasteiger charge is -2.37. The van der Waals surface area contributed by atoms with Gasteiger partial charge < -0.3 is 22.7 Å². The fraction of sp³-hybridized carbons (Fsp3) is 0.258. The van der Waals surface area contributed by atoms with Gasteiger partial charge in [0.25, 0.3) is 5.82 Å². The number of imidazole rings is 1. The minimum Gasteiger partial charge on any atom is -1.00 e. The number of halogens is 1. The van der Waals surface area contributed by atoms with Crippen molar-refractivity contribution in [3.63, 3.8) is 0 Å². The summed E-state index contributed by atoms with van der Waals surface area (Å²) >= 11 is 0. The molecule has 1 fully saturated rings. The fourth-order valence-corrected chi connectivity index (χ4v) is 6.07. The van der Waals surface area contributed by atoms with E-state index in [2.05, 4.69) is 17.7 Å². The molecule has 1 amide bonds. The van der Waals surface area contributed by atoms with Crippen LogP contribution in [0.25, 0.3) is 0 Å². The van der Waals surface area contributed by atoms with Crippen LogP contribution in [-0.2, 0) is 16.8 Å².